The average Bonchev–Trinajstić information content (AvgIpc) is 3.17. The molecule has 1 aliphatic heterocycles. The molecule has 130 valence electrons. The molecule has 2 atom stereocenters. The Labute approximate surface area is 146 Å². The molecular formula is C17H23N3O3S. The monoisotopic (exact) mass is 349 g/mol. The van der Waals surface area contributed by atoms with E-state index in [2.05, 4.69) is 4.90 Å². The van der Waals surface area contributed by atoms with Crippen molar-refractivity contribution in [3.8, 4) is 0 Å². The third-order valence-electron chi connectivity index (χ3n) is 4.84. The zero-order valence-electron chi connectivity index (χ0n) is 14.0. The number of aliphatic hydroxyl groups is 1. The van der Waals surface area contributed by atoms with Crippen LogP contribution in [0.1, 0.15) is 38.2 Å². The van der Waals surface area contributed by atoms with Crippen molar-refractivity contribution in [1.82, 2.24) is 4.90 Å². The predicted octanol–water partition coefficient (Wildman–Crippen LogP) is 3.63. The second kappa shape index (κ2) is 7.11. The summed E-state index contributed by atoms with van der Waals surface area (Å²) in [5, 5.41) is 22.0. The summed E-state index contributed by atoms with van der Waals surface area (Å²) >= 11 is 1.67. The molecule has 1 aromatic carbocycles. The van der Waals surface area contributed by atoms with E-state index >= 15 is 0 Å². The Morgan fingerprint density at radius 2 is 2.12 bits per heavy atom. The molecule has 0 spiro atoms. The summed E-state index contributed by atoms with van der Waals surface area (Å²) in [6.07, 6.45) is 4.33. The highest BCUT2D eigenvalue weighted by atomic mass is 32.2. The molecule has 7 heteroatoms. The standard InChI is InChI=1S/C17H23N3O3S/c1-11-9-14(20(22)23)7-8-15(11)18-17-19(13-5-3-4-6-13)16(10-24-17)12(2)21/h7-9,12-13,16,21H,3-6,10H2,1-2H3/t12-,16+/m1/s1. The topological polar surface area (TPSA) is 79.0 Å². The highest BCUT2D eigenvalue weighted by molar-refractivity contribution is 8.14. The molecule has 1 saturated heterocycles. The van der Waals surface area contributed by atoms with Crippen LogP contribution in [-0.2, 0) is 0 Å². The number of nitro groups is 1. The van der Waals surface area contributed by atoms with Crippen LogP contribution in [0.25, 0.3) is 0 Å². The molecule has 0 radical (unpaired) electrons. The van der Waals surface area contributed by atoms with Crippen molar-refractivity contribution < 1.29 is 10.0 Å². The van der Waals surface area contributed by atoms with Crippen LogP contribution in [0.15, 0.2) is 23.2 Å². The number of aliphatic hydroxyl groups excluding tert-OH is 1. The van der Waals surface area contributed by atoms with Crippen LogP contribution in [0.3, 0.4) is 0 Å². The summed E-state index contributed by atoms with van der Waals surface area (Å²) < 4.78 is 0. The molecule has 1 aromatic rings. The molecule has 3 rings (SSSR count). The Balaban J connectivity index is 1.91. The van der Waals surface area contributed by atoms with Crippen LogP contribution >= 0.6 is 11.8 Å². The summed E-state index contributed by atoms with van der Waals surface area (Å²) in [7, 11) is 0. The molecular weight excluding hydrogens is 326 g/mol. The van der Waals surface area contributed by atoms with E-state index in [-0.39, 0.29) is 16.7 Å². The molecule has 0 unspecified atom stereocenters. The van der Waals surface area contributed by atoms with E-state index in [4.69, 9.17) is 4.99 Å². The number of aryl methyl sites for hydroxylation is 1. The van der Waals surface area contributed by atoms with Gasteiger partial charge in [-0.1, -0.05) is 24.6 Å². The van der Waals surface area contributed by atoms with E-state index in [0.717, 1.165) is 35.0 Å². The molecule has 2 aliphatic rings. The van der Waals surface area contributed by atoms with E-state index in [9.17, 15) is 15.2 Å². The number of nitro benzene ring substituents is 1. The number of aliphatic imine (C=N–C) groups is 1. The van der Waals surface area contributed by atoms with Crippen molar-refractivity contribution in [2.75, 3.05) is 5.75 Å². The number of non-ortho nitro benzene ring substituents is 1. The van der Waals surface area contributed by atoms with Crippen molar-refractivity contribution in [1.29, 1.82) is 0 Å². The minimum atomic E-state index is -0.399. The first kappa shape index (κ1) is 17.2. The summed E-state index contributed by atoms with van der Waals surface area (Å²) in [6.45, 7) is 3.69. The second-order valence-corrected chi connectivity index (χ2v) is 7.57. The Morgan fingerprint density at radius 3 is 2.71 bits per heavy atom. The lowest BCUT2D eigenvalue weighted by Crippen LogP contribution is -2.46. The summed E-state index contributed by atoms with van der Waals surface area (Å²) in [4.78, 5) is 17.6. The van der Waals surface area contributed by atoms with Crippen molar-refractivity contribution in [2.45, 2.75) is 57.7 Å². The third kappa shape index (κ3) is 3.42. The van der Waals surface area contributed by atoms with Crippen LogP contribution in [0, 0.1) is 17.0 Å². The zero-order chi connectivity index (χ0) is 17.3. The second-order valence-electron chi connectivity index (χ2n) is 6.59. The van der Waals surface area contributed by atoms with E-state index in [1.54, 1.807) is 23.9 Å². The normalized spacial score (nSPS) is 24.7. The van der Waals surface area contributed by atoms with E-state index in [0.29, 0.717) is 6.04 Å². The van der Waals surface area contributed by atoms with Gasteiger partial charge in [-0.25, -0.2) is 4.99 Å². The van der Waals surface area contributed by atoms with Gasteiger partial charge in [0.2, 0.25) is 0 Å². The molecule has 0 aromatic heterocycles. The summed E-state index contributed by atoms with van der Waals surface area (Å²) in [5.74, 6) is 0.832. The lowest BCUT2D eigenvalue weighted by Gasteiger charge is -2.33. The molecule has 0 bridgehead atoms. The summed E-state index contributed by atoms with van der Waals surface area (Å²) in [6, 6.07) is 5.30. The zero-order valence-corrected chi connectivity index (χ0v) is 14.8. The number of benzene rings is 1. The maximum absolute atomic E-state index is 10.9. The third-order valence-corrected chi connectivity index (χ3v) is 5.91. The number of nitrogens with zero attached hydrogens (tertiary/aromatic N) is 3. The molecule has 1 heterocycles. The van der Waals surface area contributed by atoms with Crippen LogP contribution in [-0.4, -0.2) is 44.0 Å². The van der Waals surface area contributed by atoms with Crippen LogP contribution in [0.5, 0.6) is 0 Å². The largest absolute Gasteiger partial charge is 0.391 e. The maximum Gasteiger partial charge on any atom is 0.269 e. The number of hydrogen-bond donors (Lipinski definition) is 1. The van der Waals surface area contributed by atoms with Gasteiger partial charge in [-0.2, -0.15) is 0 Å². The molecule has 1 saturated carbocycles. The molecule has 24 heavy (non-hydrogen) atoms. The Kier molecular flexibility index (Phi) is 5.10. The molecule has 6 nitrogen and oxygen atoms in total. The number of hydrogen-bond acceptors (Lipinski definition) is 5. The first-order valence-electron chi connectivity index (χ1n) is 8.40. The van der Waals surface area contributed by atoms with Crippen LogP contribution in [0.2, 0.25) is 0 Å². The van der Waals surface area contributed by atoms with Crippen molar-refractivity contribution in [3.63, 3.8) is 0 Å². The van der Waals surface area contributed by atoms with Crippen molar-refractivity contribution in [2.24, 2.45) is 4.99 Å². The fourth-order valence-electron chi connectivity index (χ4n) is 3.51. The van der Waals surface area contributed by atoms with Crippen molar-refractivity contribution in [3.05, 3.63) is 33.9 Å². The maximum atomic E-state index is 10.9. The number of amidine groups is 1. The first-order valence-corrected chi connectivity index (χ1v) is 9.39. The fourth-order valence-corrected chi connectivity index (χ4v) is 4.86. The van der Waals surface area contributed by atoms with Gasteiger partial charge in [-0.05, 0) is 38.3 Å². The van der Waals surface area contributed by atoms with E-state index < -0.39 is 6.10 Å². The minimum absolute atomic E-state index is 0.0880. The number of thioether (sulfide) groups is 1. The predicted molar refractivity (Wildman–Crippen MR) is 97.0 cm³/mol. The average molecular weight is 349 g/mol. The minimum Gasteiger partial charge on any atom is -0.391 e. The van der Waals surface area contributed by atoms with Crippen molar-refractivity contribution >= 4 is 28.3 Å². The van der Waals surface area contributed by atoms with E-state index in [1.807, 2.05) is 13.8 Å². The highest BCUT2D eigenvalue weighted by Crippen LogP contribution is 2.36. The van der Waals surface area contributed by atoms with Gasteiger partial charge in [0, 0.05) is 23.9 Å². The molecule has 1 N–H and O–H groups in total. The lowest BCUT2D eigenvalue weighted by atomic mass is 10.1. The molecule has 2 fully saturated rings. The van der Waals surface area contributed by atoms with Gasteiger partial charge >= 0.3 is 0 Å². The van der Waals surface area contributed by atoms with Gasteiger partial charge in [-0.15, -0.1) is 0 Å². The highest BCUT2D eigenvalue weighted by Gasteiger charge is 2.38. The van der Waals surface area contributed by atoms with Crippen LogP contribution < -0.4 is 0 Å². The van der Waals surface area contributed by atoms with Gasteiger partial charge in [-0.3, -0.25) is 10.1 Å². The Bertz CT molecular complexity index is 656. The van der Waals surface area contributed by atoms with Gasteiger partial charge in [0.25, 0.3) is 5.69 Å². The summed E-state index contributed by atoms with van der Waals surface area (Å²) in [5.41, 5.74) is 1.64. The SMILES string of the molecule is Cc1cc([N+](=O)[O-])ccc1N=C1SC[C@@H]([C@@H](C)O)N1C1CCCC1. The quantitative estimate of drug-likeness (QED) is 0.663. The smallest absolute Gasteiger partial charge is 0.269 e. The Hall–Kier alpha value is -1.60. The number of rotatable bonds is 4. The Morgan fingerprint density at radius 1 is 1.42 bits per heavy atom. The van der Waals surface area contributed by atoms with Gasteiger partial charge in [0.1, 0.15) is 0 Å². The van der Waals surface area contributed by atoms with E-state index in [1.165, 1.54) is 18.9 Å². The van der Waals surface area contributed by atoms with Crippen LogP contribution in [0.4, 0.5) is 11.4 Å². The lowest BCUT2D eigenvalue weighted by molar-refractivity contribution is -0.384. The molecule has 0 amide bonds. The van der Waals surface area contributed by atoms with Gasteiger partial charge in [0.05, 0.1) is 22.8 Å². The fraction of sp³-hybridized carbons (Fsp3) is 0.588. The first-order chi connectivity index (χ1) is 11.5. The molecule has 1 aliphatic carbocycles. The van der Waals surface area contributed by atoms with Gasteiger partial charge in [0.15, 0.2) is 5.17 Å². The van der Waals surface area contributed by atoms with Gasteiger partial charge < -0.3 is 10.0 Å².